The van der Waals surface area contributed by atoms with Gasteiger partial charge < -0.3 is 10.1 Å². The predicted octanol–water partition coefficient (Wildman–Crippen LogP) is 3.82. The van der Waals surface area contributed by atoms with Crippen molar-refractivity contribution in [1.29, 1.82) is 0 Å². The van der Waals surface area contributed by atoms with Gasteiger partial charge in [0.1, 0.15) is 16.7 Å². The molecule has 1 amide bonds. The van der Waals surface area contributed by atoms with Gasteiger partial charge in [0.05, 0.1) is 6.61 Å². The molecular weight excluding hydrogens is 313 g/mol. The van der Waals surface area contributed by atoms with E-state index in [1.165, 1.54) is 6.07 Å². The Morgan fingerprint density at radius 2 is 2.10 bits per heavy atom. The van der Waals surface area contributed by atoms with Crippen molar-refractivity contribution in [2.24, 2.45) is 0 Å². The van der Waals surface area contributed by atoms with Crippen LogP contribution in [0.15, 0.2) is 30.3 Å². The molecule has 0 aliphatic rings. The maximum absolute atomic E-state index is 12.1. The van der Waals surface area contributed by atoms with Gasteiger partial charge >= 0.3 is 0 Å². The molecule has 110 valence electrons. The number of hydrogen-bond acceptors (Lipinski definition) is 4. The summed E-state index contributed by atoms with van der Waals surface area (Å²) in [5.41, 5.74) is 0.453. The summed E-state index contributed by atoms with van der Waals surface area (Å²) in [6.45, 7) is 2.61. The SMILES string of the molecule is CCCOc1cccc(C(=O)Nc2cc(Cl)nc(Cl)n2)c1. The molecule has 7 heteroatoms. The molecular formula is C14H13Cl2N3O2. The smallest absolute Gasteiger partial charge is 0.256 e. The van der Waals surface area contributed by atoms with Crippen molar-refractivity contribution in [2.45, 2.75) is 13.3 Å². The quantitative estimate of drug-likeness (QED) is 0.670. The van der Waals surface area contributed by atoms with E-state index in [9.17, 15) is 4.79 Å². The second-order valence-corrected chi connectivity index (χ2v) is 4.90. The zero-order chi connectivity index (χ0) is 15.2. The third kappa shape index (κ3) is 4.58. The van der Waals surface area contributed by atoms with Crippen LogP contribution in [0.2, 0.25) is 10.4 Å². The molecule has 2 rings (SSSR count). The Labute approximate surface area is 132 Å². The molecule has 0 fully saturated rings. The minimum Gasteiger partial charge on any atom is -0.494 e. The molecule has 1 heterocycles. The maximum Gasteiger partial charge on any atom is 0.256 e. The number of carbonyl (C=O) groups excluding carboxylic acids is 1. The fourth-order valence-electron chi connectivity index (χ4n) is 1.59. The molecule has 0 bridgehead atoms. The molecule has 0 unspecified atom stereocenters. The Kier molecular flexibility index (Phi) is 5.36. The Hall–Kier alpha value is -1.85. The maximum atomic E-state index is 12.1. The number of nitrogens with zero attached hydrogens (tertiary/aromatic N) is 2. The van der Waals surface area contributed by atoms with Crippen LogP contribution >= 0.6 is 23.2 Å². The number of aromatic nitrogens is 2. The first-order valence-corrected chi connectivity index (χ1v) is 7.08. The van der Waals surface area contributed by atoms with E-state index in [4.69, 9.17) is 27.9 Å². The zero-order valence-electron chi connectivity index (χ0n) is 11.3. The summed E-state index contributed by atoms with van der Waals surface area (Å²) in [4.78, 5) is 19.7. The lowest BCUT2D eigenvalue weighted by Crippen LogP contribution is -2.13. The van der Waals surface area contributed by atoms with E-state index in [0.717, 1.165) is 6.42 Å². The van der Waals surface area contributed by atoms with Crippen molar-refractivity contribution in [2.75, 3.05) is 11.9 Å². The summed E-state index contributed by atoms with van der Waals surface area (Å²) in [6.07, 6.45) is 0.897. The van der Waals surface area contributed by atoms with Crippen molar-refractivity contribution >= 4 is 34.9 Å². The molecule has 0 atom stereocenters. The predicted molar refractivity (Wildman–Crippen MR) is 82.2 cm³/mol. The summed E-state index contributed by atoms with van der Waals surface area (Å²) < 4.78 is 5.49. The van der Waals surface area contributed by atoms with Crippen molar-refractivity contribution < 1.29 is 9.53 Å². The molecule has 21 heavy (non-hydrogen) atoms. The third-order valence-electron chi connectivity index (χ3n) is 2.48. The van der Waals surface area contributed by atoms with Gasteiger partial charge in [-0.3, -0.25) is 4.79 Å². The minimum absolute atomic E-state index is 0.0298. The molecule has 0 aliphatic heterocycles. The van der Waals surface area contributed by atoms with E-state index in [0.29, 0.717) is 17.9 Å². The van der Waals surface area contributed by atoms with E-state index in [-0.39, 0.29) is 22.2 Å². The highest BCUT2D eigenvalue weighted by Crippen LogP contribution is 2.17. The van der Waals surface area contributed by atoms with E-state index in [2.05, 4.69) is 15.3 Å². The Morgan fingerprint density at radius 3 is 2.81 bits per heavy atom. The zero-order valence-corrected chi connectivity index (χ0v) is 12.8. The highest BCUT2D eigenvalue weighted by atomic mass is 35.5. The highest BCUT2D eigenvalue weighted by molar-refractivity contribution is 6.32. The first kappa shape index (κ1) is 15.5. The van der Waals surface area contributed by atoms with E-state index < -0.39 is 0 Å². The number of hydrogen-bond donors (Lipinski definition) is 1. The molecule has 0 spiro atoms. The fourth-order valence-corrected chi connectivity index (χ4v) is 2.00. The van der Waals surface area contributed by atoms with Crippen molar-refractivity contribution in [3.8, 4) is 5.75 Å². The van der Waals surface area contributed by atoms with Gasteiger partial charge in [-0.25, -0.2) is 9.97 Å². The normalized spacial score (nSPS) is 10.2. The van der Waals surface area contributed by atoms with Gasteiger partial charge in [-0.05, 0) is 36.2 Å². The molecule has 0 aliphatic carbocycles. The summed E-state index contributed by atoms with van der Waals surface area (Å²) in [5.74, 6) is 0.552. The molecule has 0 saturated heterocycles. The summed E-state index contributed by atoms with van der Waals surface area (Å²) in [6, 6.07) is 8.31. The number of ether oxygens (including phenoxy) is 1. The van der Waals surface area contributed by atoms with Gasteiger partial charge in [0.2, 0.25) is 5.28 Å². The van der Waals surface area contributed by atoms with Gasteiger partial charge in [-0.2, -0.15) is 0 Å². The monoisotopic (exact) mass is 325 g/mol. The van der Waals surface area contributed by atoms with Crippen LogP contribution in [-0.2, 0) is 0 Å². The van der Waals surface area contributed by atoms with Gasteiger partial charge in [0.25, 0.3) is 5.91 Å². The second-order valence-electron chi connectivity index (χ2n) is 4.18. The molecule has 1 N–H and O–H groups in total. The average Bonchev–Trinajstić information content (AvgIpc) is 2.44. The Bertz CT molecular complexity index is 630. The van der Waals surface area contributed by atoms with Gasteiger partial charge in [0.15, 0.2) is 0 Å². The van der Waals surface area contributed by atoms with Gasteiger partial charge in [-0.1, -0.05) is 24.6 Å². The third-order valence-corrected chi connectivity index (χ3v) is 2.84. The number of carbonyl (C=O) groups is 1. The molecule has 0 saturated carbocycles. The number of rotatable bonds is 5. The van der Waals surface area contributed by atoms with Gasteiger partial charge in [-0.15, -0.1) is 0 Å². The first-order chi connectivity index (χ1) is 10.1. The van der Waals surface area contributed by atoms with E-state index >= 15 is 0 Å². The number of nitrogens with one attached hydrogen (secondary N) is 1. The van der Waals surface area contributed by atoms with Crippen molar-refractivity contribution in [3.63, 3.8) is 0 Å². The second kappa shape index (κ2) is 7.24. The number of benzene rings is 1. The minimum atomic E-state index is -0.331. The Balaban J connectivity index is 2.12. The lowest BCUT2D eigenvalue weighted by Gasteiger charge is -2.08. The van der Waals surface area contributed by atoms with Gasteiger partial charge in [0, 0.05) is 11.6 Å². The first-order valence-electron chi connectivity index (χ1n) is 6.33. The van der Waals surface area contributed by atoms with Crippen LogP contribution < -0.4 is 10.1 Å². The van der Waals surface area contributed by atoms with Crippen LogP contribution in [-0.4, -0.2) is 22.5 Å². The molecule has 0 radical (unpaired) electrons. The summed E-state index contributed by atoms with van der Waals surface area (Å²) >= 11 is 11.4. The van der Waals surface area contributed by atoms with Crippen LogP contribution in [0.3, 0.4) is 0 Å². The lowest BCUT2D eigenvalue weighted by molar-refractivity contribution is 0.102. The molecule has 1 aromatic heterocycles. The lowest BCUT2D eigenvalue weighted by atomic mass is 10.2. The summed E-state index contributed by atoms with van der Waals surface area (Å²) in [7, 11) is 0. The fraction of sp³-hybridized carbons (Fsp3) is 0.214. The molecule has 1 aromatic carbocycles. The van der Waals surface area contributed by atoms with Crippen molar-refractivity contribution in [1.82, 2.24) is 9.97 Å². The van der Waals surface area contributed by atoms with Crippen LogP contribution in [0.4, 0.5) is 5.82 Å². The number of halogens is 2. The highest BCUT2D eigenvalue weighted by Gasteiger charge is 2.09. The van der Waals surface area contributed by atoms with Crippen LogP contribution in [0.1, 0.15) is 23.7 Å². The van der Waals surface area contributed by atoms with E-state index in [1.54, 1.807) is 24.3 Å². The van der Waals surface area contributed by atoms with E-state index in [1.807, 2.05) is 6.92 Å². The number of anilines is 1. The largest absolute Gasteiger partial charge is 0.494 e. The van der Waals surface area contributed by atoms with Crippen molar-refractivity contribution in [3.05, 3.63) is 46.3 Å². The van der Waals surface area contributed by atoms with Crippen LogP contribution in [0, 0.1) is 0 Å². The average molecular weight is 326 g/mol. The summed E-state index contributed by atoms with van der Waals surface area (Å²) in [5, 5.41) is 2.74. The molecule has 2 aromatic rings. The van der Waals surface area contributed by atoms with Crippen LogP contribution in [0.5, 0.6) is 5.75 Å². The topological polar surface area (TPSA) is 64.1 Å². The molecule has 5 nitrogen and oxygen atoms in total. The van der Waals surface area contributed by atoms with Crippen LogP contribution in [0.25, 0.3) is 0 Å². The Morgan fingerprint density at radius 1 is 1.29 bits per heavy atom. The standard InChI is InChI=1S/C14H13Cl2N3O2/c1-2-6-21-10-5-3-4-9(7-10)13(20)18-12-8-11(15)17-14(16)19-12/h3-5,7-8H,2,6H2,1H3,(H,17,18,19,20). The number of amides is 1.